The van der Waals surface area contributed by atoms with Crippen molar-refractivity contribution in [2.45, 2.75) is 6.61 Å². The molecule has 0 saturated heterocycles. The summed E-state index contributed by atoms with van der Waals surface area (Å²) in [7, 11) is 0. The van der Waals surface area contributed by atoms with Gasteiger partial charge in [-0.05, 0) is 54.1 Å². The molecule has 0 spiro atoms. The van der Waals surface area contributed by atoms with Gasteiger partial charge in [-0.1, -0.05) is 30.3 Å². The van der Waals surface area contributed by atoms with E-state index in [0.29, 0.717) is 17.9 Å². The quantitative estimate of drug-likeness (QED) is 0.742. The Balaban J connectivity index is 1.58. The first kappa shape index (κ1) is 15.7. The van der Waals surface area contributed by atoms with Crippen molar-refractivity contribution in [2.24, 2.45) is 0 Å². The van der Waals surface area contributed by atoms with Crippen LogP contribution in [0.3, 0.4) is 0 Å². The first-order valence-electron chi connectivity index (χ1n) is 7.54. The molecule has 0 aliphatic carbocycles. The smallest absolute Gasteiger partial charge is 0.255 e. The van der Waals surface area contributed by atoms with Crippen LogP contribution in [-0.2, 0) is 6.61 Å². The van der Waals surface area contributed by atoms with E-state index in [1.54, 1.807) is 0 Å². The van der Waals surface area contributed by atoms with E-state index >= 15 is 0 Å². The lowest BCUT2D eigenvalue weighted by Gasteiger charge is -2.08. The Morgan fingerprint density at radius 3 is 2.21 bits per heavy atom. The summed E-state index contributed by atoms with van der Waals surface area (Å²) >= 11 is 0. The fourth-order valence-electron chi connectivity index (χ4n) is 2.17. The fraction of sp³-hybridized carbons (Fsp3) is 0.0500. The predicted molar refractivity (Wildman–Crippen MR) is 91.6 cm³/mol. The zero-order chi connectivity index (χ0) is 16.8. The number of ether oxygens (including phenoxy) is 1. The highest BCUT2D eigenvalue weighted by atomic mass is 19.1. The minimum Gasteiger partial charge on any atom is -0.489 e. The molecule has 0 saturated carbocycles. The summed E-state index contributed by atoms with van der Waals surface area (Å²) < 4.78 is 18.5. The molecule has 3 rings (SSSR count). The molecule has 0 radical (unpaired) electrons. The highest BCUT2D eigenvalue weighted by Gasteiger charge is 2.06. The number of halogens is 1. The van der Waals surface area contributed by atoms with Crippen LogP contribution in [0.2, 0.25) is 0 Å². The maximum absolute atomic E-state index is 12.9. The number of carbonyl (C=O) groups is 1. The van der Waals surface area contributed by atoms with Gasteiger partial charge in [-0.2, -0.15) is 0 Å². The van der Waals surface area contributed by atoms with E-state index in [9.17, 15) is 9.18 Å². The number of benzene rings is 3. The van der Waals surface area contributed by atoms with Gasteiger partial charge in [0.15, 0.2) is 0 Å². The predicted octanol–water partition coefficient (Wildman–Crippen LogP) is 4.66. The van der Waals surface area contributed by atoms with Crippen LogP contribution in [0.15, 0.2) is 78.9 Å². The zero-order valence-corrected chi connectivity index (χ0v) is 12.9. The molecule has 0 atom stereocenters. The highest BCUT2D eigenvalue weighted by molar-refractivity contribution is 6.04. The second-order valence-corrected chi connectivity index (χ2v) is 5.26. The van der Waals surface area contributed by atoms with Crippen molar-refractivity contribution in [1.29, 1.82) is 0 Å². The van der Waals surface area contributed by atoms with Crippen LogP contribution in [0, 0.1) is 5.82 Å². The molecule has 3 nitrogen and oxygen atoms in total. The van der Waals surface area contributed by atoms with Crippen molar-refractivity contribution in [3.63, 3.8) is 0 Å². The second-order valence-electron chi connectivity index (χ2n) is 5.26. The van der Waals surface area contributed by atoms with E-state index in [-0.39, 0.29) is 11.7 Å². The minimum absolute atomic E-state index is 0.275. The summed E-state index contributed by atoms with van der Waals surface area (Å²) in [5.74, 6) is 0.170. The normalized spacial score (nSPS) is 10.2. The van der Waals surface area contributed by atoms with Crippen LogP contribution in [0.1, 0.15) is 15.9 Å². The van der Waals surface area contributed by atoms with Crippen molar-refractivity contribution >= 4 is 11.6 Å². The number of amides is 1. The highest BCUT2D eigenvalue weighted by Crippen LogP contribution is 2.15. The van der Waals surface area contributed by atoms with Gasteiger partial charge in [0.1, 0.15) is 18.2 Å². The van der Waals surface area contributed by atoms with E-state index in [4.69, 9.17) is 4.74 Å². The number of carbonyl (C=O) groups excluding carboxylic acids is 1. The molecule has 0 aromatic heterocycles. The third kappa shape index (κ3) is 4.20. The molecular weight excluding hydrogens is 305 g/mol. The van der Waals surface area contributed by atoms with E-state index in [2.05, 4.69) is 5.32 Å². The van der Waals surface area contributed by atoms with Crippen molar-refractivity contribution < 1.29 is 13.9 Å². The molecule has 3 aromatic rings. The summed E-state index contributed by atoms with van der Waals surface area (Å²) in [6.45, 7) is 0.455. The number of hydrogen-bond acceptors (Lipinski definition) is 2. The SMILES string of the molecule is O=C(Nc1ccc(COc2ccccc2)cc1)c1ccc(F)cc1. The van der Waals surface area contributed by atoms with Gasteiger partial charge >= 0.3 is 0 Å². The first-order chi connectivity index (χ1) is 11.7. The largest absolute Gasteiger partial charge is 0.489 e. The number of hydrogen-bond donors (Lipinski definition) is 1. The Kier molecular flexibility index (Phi) is 4.87. The third-order valence-corrected chi connectivity index (χ3v) is 3.47. The van der Waals surface area contributed by atoms with Crippen LogP contribution < -0.4 is 10.1 Å². The maximum Gasteiger partial charge on any atom is 0.255 e. The van der Waals surface area contributed by atoms with Gasteiger partial charge in [0, 0.05) is 11.3 Å². The minimum atomic E-state index is -0.366. The average Bonchev–Trinajstić information content (AvgIpc) is 2.62. The standard InChI is InChI=1S/C20H16FNO2/c21-17-10-8-16(9-11-17)20(23)22-18-12-6-15(7-13-18)14-24-19-4-2-1-3-5-19/h1-13H,14H2,(H,22,23). The molecular formula is C20H16FNO2. The summed E-state index contributed by atoms with van der Waals surface area (Å²) in [6, 6.07) is 22.4. The summed E-state index contributed by atoms with van der Waals surface area (Å²) in [4.78, 5) is 12.1. The molecule has 120 valence electrons. The third-order valence-electron chi connectivity index (χ3n) is 3.47. The molecule has 0 aliphatic heterocycles. The molecule has 0 heterocycles. The Bertz CT molecular complexity index is 799. The summed E-state index contributed by atoms with van der Waals surface area (Å²) in [5, 5.41) is 2.78. The Labute approximate surface area is 139 Å². The van der Waals surface area contributed by atoms with Crippen LogP contribution in [0.4, 0.5) is 10.1 Å². The molecule has 0 fully saturated rings. The Morgan fingerprint density at radius 2 is 1.54 bits per heavy atom. The van der Waals surface area contributed by atoms with Gasteiger partial charge in [0.05, 0.1) is 0 Å². The summed E-state index contributed by atoms with van der Waals surface area (Å²) in [5.41, 5.74) is 2.08. The molecule has 1 N–H and O–H groups in total. The number of rotatable bonds is 5. The van der Waals surface area contributed by atoms with Gasteiger partial charge in [-0.25, -0.2) is 4.39 Å². The van der Waals surface area contributed by atoms with Crippen LogP contribution in [-0.4, -0.2) is 5.91 Å². The molecule has 1 amide bonds. The first-order valence-corrected chi connectivity index (χ1v) is 7.54. The second kappa shape index (κ2) is 7.42. The lowest BCUT2D eigenvalue weighted by molar-refractivity contribution is 0.102. The van der Waals surface area contributed by atoms with E-state index in [0.717, 1.165) is 11.3 Å². The average molecular weight is 321 g/mol. The van der Waals surface area contributed by atoms with Gasteiger partial charge < -0.3 is 10.1 Å². The number of anilines is 1. The zero-order valence-electron chi connectivity index (χ0n) is 12.9. The van der Waals surface area contributed by atoms with Gasteiger partial charge in [-0.3, -0.25) is 4.79 Å². The van der Waals surface area contributed by atoms with Crippen LogP contribution in [0.5, 0.6) is 5.75 Å². The molecule has 24 heavy (non-hydrogen) atoms. The Hall–Kier alpha value is -3.14. The fourth-order valence-corrected chi connectivity index (χ4v) is 2.17. The van der Waals surface area contributed by atoms with Crippen molar-refractivity contribution in [3.05, 3.63) is 95.8 Å². The molecule has 0 bridgehead atoms. The van der Waals surface area contributed by atoms with E-state index < -0.39 is 0 Å². The lowest BCUT2D eigenvalue weighted by atomic mass is 10.2. The Morgan fingerprint density at radius 1 is 0.875 bits per heavy atom. The molecule has 3 aromatic carbocycles. The summed E-state index contributed by atoms with van der Waals surface area (Å²) in [6.07, 6.45) is 0. The topological polar surface area (TPSA) is 38.3 Å². The van der Waals surface area contributed by atoms with Crippen molar-refractivity contribution in [2.75, 3.05) is 5.32 Å². The molecule has 4 heteroatoms. The van der Waals surface area contributed by atoms with E-state index in [1.807, 2.05) is 54.6 Å². The van der Waals surface area contributed by atoms with Gasteiger partial charge in [0.2, 0.25) is 0 Å². The lowest BCUT2D eigenvalue weighted by Crippen LogP contribution is -2.11. The van der Waals surface area contributed by atoms with E-state index in [1.165, 1.54) is 24.3 Å². The van der Waals surface area contributed by atoms with Gasteiger partial charge in [0.25, 0.3) is 5.91 Å². The molecule has 0 aliphatic rings. The maximum atomic E-state index is 12.9. The monoisotopic (exact) mass is 321 g/mol. The van der Waals surface area contributed by atoms with Crippen LogP contribution in [0.25, 0.3) is 0 Å². The number of para-hydroxylation sites is 1. The van der Waals surface area contributed by atoms with Crippen molar-refractivity contribution in [3.8, 4) is 5.75 Å². The molecule has 0 unspecified atom stereocenters. The van der Waals surface area contributed by atoms with Gasteiger partial charge in [-0.15, -0.1) is 0 Å². The van der Waals surface area contributed by atoms with Crippen LogP contribution >= 0.6 is 0 Å². The number of nitrogens with one attached hydrogen (secondary N) is 1. The van der Waals surface area contributed by atoms with Crippen molar-refractivity contribution in [1.82, 2.24) is 0 Å².